The zero-order valence-electron chi connectivity index (χ0n) is 9.88. The molecule has 2 rings (SSSR count). The second-order valence-corrected chi connectivity index (χ2v) is 5.46. The maximum absolute atomic E-state index is 9.34. The van der Waals surface area contributed by atoms with E-state index in [-0.39, 0.29) is 6.10 Å². The van der Waals surface area contributed by atoms with Crippen LogP contribution >= 0.6 is 22.6 Å². The Morgan fingerprint density at radius 2 is 2.00 bits per heavy atom. The number of aromatic nitrogens is 2. The first kappa shape index (κ1) is 13.0. The minimum Gasteiger partial charge on any atom is -0.392 e. The van der Waals surface area contributed by atoms with E-state index in [2.05, 4.69) is 42.6 Å². The summed E-state index contributed by atoms with van der Waals surface area (Å²) in [6, 6.07) is 3.99. The molecule has 0 spiro atoms. The molecule has 0 unspecified atom stereocenters. The molecule has 0 bridgehead atoms. The molecule has 1 aliphatic rings. The van der Waals surface area contributed by atoms with Crippen LogP contribution in [0.2, 0.25) is 0 Å². The van der Waals surface area contributed by atoms with Gasteiger partial charge in [0.05, 0.1) is 6.10 Å². The van der Waals surface area contributed by atoms with Crippen LogP contribution in [-0.4, -0.2) is 59.0 Å². The summed E-state index contributed by atoms with van der Waals surface area (Å²) in [5.41, 5.74) is 0. The molecule has 2 heterocycles. The molecule has 1 aromatic rings. The molecule has 0 radical (unpaired) electrons. The van der Waals surface area contributed by atoms with Crippen molar-refractivity contribution < 1.29 is 5.11 Å². The minimum atomic E-state index is -0.250. The fourth-order valence-corrected chi connectivity index (χ4v) is 2.30. The normalized spacial score (nSPS) is 19.4. The smallest absolute Gasteiger partial charge is 0.151 e. The molecule has 0 amide bonds. The molecule has 1 aliphatic heterocycles. The predicted octanol–water partition coefficient (Wildman–Crippen LogP) is 0.584. The van der Waals surface area contributed by atoms with E-state index >= 15 is 0 Å². The SMILES string of the molecule is C[C@H](O)CN1CCN(c2ccc(I)nn2)CC1. The van der Waals surface area contributed by atoms with E-state index in [1.165, 1.54) is 0 Å². The summed E-state index contributed by atoms with van der Waals surface area (Å²) in [7, 11) is 0. The highest BCUT2D eigenvalue weighted by Gasteiger charge is 2.18. The van der Waals surface area contributed by atoms with Gasteiger partial charge in [-0.2, -0.15) is 0 Å². The highest BCUT2D eigenvalue weighted by Crippen LogP contribution is 2.13. The fraction of sp³-hybridized carbons (Fsp3) is 0.636. The van der Waals surface area contributed by atoms with E-state index in [0.29, 0.717) is 0 Å². The molecule has 0 aliphatic carbocycles. The molecule has 1 aromatic heterocycles. The summed E-state index contributed by atoms with van der Waals surface area (Å²) in [6.07, 6.45) is -0.250. The van der Waals surface area contributed by atoms with Crippen LogP contribution in [0.1, 0.15) is 6.92 Å². The molecule has 1 atom stereocenters. The highest BCUT2D eigenvalue weighted by molar-refractivity contribution is 14.1. The van der Waals surface area contributed by atoms with E-state index in [9.17, 15) is 5.11 Å². The van der Waals surface area contributed by atoms with Crippen LogP contribution in [0.4, 0.5) is 5.82 Å². The van der Waals surface area contributed by atoms with Crippen LogP contribution in [0, 0.1) is 3.70 Å². The third-order valence-corrected chi connectivity index (χ3v) is 3.41. The van der Waals surface area contributed by atoms with Gasteiger partial charge < -0.3 is 10.0 Å². The second kappa shape index (κ2) is 5.92. The maximum Gasteiger partial charge on any atom is 0.151 e. The molecule has 1 saturated heterocycles. The van der Waals surface area contributed by atoms with Gasteiger partial charge >= 0.3 is 0 Å². The molecule has 6 heteroatoms. The molecular weight excluding hydrogens is 331 g/mol. The molecule has 1 N–H and O–H groups in total. The number of hydrogen-bond donors (Lipinski definition) is 1. The summed E-state index contributed by atoms with van der Waals surface area (Å²) in [4.78, 5) is 4.52. The highest BCUT2D eigenvalue weighted by atomic mass is 127. The van der Waals surface area contributed by atoms with E-state index < -0.39 is 0 Å². The molecule has 5 nitrogen and oxygen atoms in total. The largest absolute Gasteiger partial charge is 0.392 e. The van der Waals surface area contributed by atoms with E-state index in [4.69, 9.17) is 0 Å². The average molecular weight is 348 g/mol. The number of halogens is 1. The third kappa shape index (κ3) is 3.75. The summed E-state index contributed by atoms with van der Waals surface area (Å²) in [5.74, 6) is 0.946. The predicted molar refractivity (Wildman–Crippen MR) is 75.1 cm³/mol. The topological polar surface area (TPSA) is 52.5 Å². The monoisotopic (exact) mass is 348 g/mol. The lowest BCUT2D eigenvalue weighted by atomic mass is 10.2. The van der Waals surface area contributed by atoms with Crippen LogP contribution in [0.15, 0.2) is 12.1 Å². The summed E-state index contributed by atoms with van der Waals surface area (Å²) >= 11 is 2.16. The van der Waals surface area contributed by atoms with Crippen molar-refractivity contribution in [3.05, 3.63) is 15.8 Å². The number of anilines is 1. The quantitative estimate of drug-likeness (QED) is 0.811. The van der Waals surface area contributed by atoms with Crippen molar-refractivity contribution in [1.29, 1.82) is 0 Å². The van der Waals surface area contributed by atoms with Gasteiger partial charge in [-0.15, -0.1) is 10.2 Å². The molecule has 0 saturated carbocycles. The number of piperazine rings is 1. The molecule has 94 valence electrons. The van der Waals surface area contributed by atoms with Crippen molar-refractivity contribution in [2.24, 2.45) is 0 Å². The van der Waals surface area contributed by atoms with Crippen LogP contribution in [0.3, 0.4) is 0 Å². The number of rotatable bonds is 3. The Labute approximate surface area is 115 Å². The summed E-state index contributed by atoms with van der Waals surface area (Å²) < 4.78 is 0.916. The van der Waals surface area contributed by atoms with E-state index in [0.717, 1.165) is 42.2 Å². The first-order valence-electron chi connectivity index (χ1n) is 5.80. The van der Waals surface area contributed by atoms with Gasteiger partial charge in [0.25, 0.3) is 0 Å². The lowest BCUT2D eigenvalue weighted by molar-refractivity contribution is 0.122. The average Bonchev–Trinajstić information content (AvgIpc) is 2.30. The van der Waals surface area contributed by atoms with Gasteiger partial charge in [-0.1, -0.05) is 0 Å². The number of aliphatic hydroxyl groups is 1. The first-order valence-corrected chi connectivity index (χ1v) is 6.87. The Kier molecular flexibility index (Phi) is 4.52. The van der Waals surface area contributed by atoms with Gasteiger partial charge in [0.2, 0.25) is 0 Å². The van der Waals surface area contributed by atoms with Gasteiger partial charge in [-0.05, 0) is 41.6 Å². The Hall–Kier alpha value is -0.470. The standard InChI is InChI=1S/C11H17IN4O/c1-9(17)8-15-4-6-16(7-5-15)11-3-2-10(12)13-14-11/h2-3,9,17H,4-8H2,1H3/t9-/m0/s1. The van der Waals surface area contributed by atoms with Crippen molar-refractivity contribution in [3.8, 4) is 0 Å². The van der Waals surface area contributed by atoms with Gasteiger partial charge in [-0.3, -0.25) is 4.90 Å². The van der Waals surface area contributed by atoms with E-state index in [1.54, 1.807) is 0 Å². The van der Waals surface area contributed by atoms with Crippen molar-refractivity contribution in [1.82, 2.24) is 15.1 Å². The number of nitrogens with zero attached hydrogens (tertiary/aromatic N) is 4. The third-order valence-electron chi connectivity index (χ3n) is 2.84. The van der Waals surface area contributed by atoms with Gasteiger partial charge in [0.15, 0.2) is 5.82 Å². The van der Waals surface area contributed by atoms with Crippen LogP contribution in [-0.2, 0) is 0 Å². The van der Waals surface area contributed by atoms with Crippen molar-refractivity contribution in [2.45, 2.75) is 13.0 Å². The van der Waals surface area contributed by atoms with Crippen molar-refractivity contribution >= 4 is 28.4 Å². The number of hydrogen-bond acceptors (Lipinski definition) is 5. The van der Waals surface area contributed by atoms with Crippen molar-refractivity contribution in [3.63, 3.8) is 0 Å². The first-order chi connectivity index (χ1) is 8.15. The van der Waals surface area contributed by atoms with Crippen LogP contribution in [0.5, 0.6) is 0 Å². The van der Waals surface area contributed by atoms with Gasteiger partial charge in [0, 0.05) is 32.7 Å². The Morgan fingerprint density at radius 1 is 1.29 bits per heavy atom. The zero-order chi connectivity index (χ0) is 12.3. The Morgan fingerprint density at radius 3 is 2.53 bits per heavy atom. The Bertz CT molecular complexity index is 349. The number of β-amino-alcohol motifs (C(OH)–C–C–N with tert-alkyl or cyclic N) is 1. The molecule has 17 heavy (non-hydrogen) atoms. The van der Waals surface area contributed by atoms with Crippen molar-refractivity contribution in [2.75, 3.05) is 37.6 Å². The molecular formula is C11H17IN4O. The molecule has 1 fully saturated rings. The molecule has 0 aromatic carbocycles. The second-order valence-electron chi connectivity index (χ2n) is 4.35. The minimum absolute atomic E-state index is 0.250. The fourth-order valence-electron chi connectivity index (χ4n) is 2.01. The van der Waals surface area contributed by atoms with Crippen LogP contribution < -0.4 is 4.90 Å². The lowest BCUT2D eigenvalue weighted by Crippen LogP contribution is -2.48. The lowest BCUT2D eigenvalue weighted by Gasteiger charge is -2.35. The maximum atomic E-state index is 9.34. The Balaban J connectivity index is 1.88. The van der Waals surface area contributed by atoms with Gasteiger partial charge in [-0.25, -0.2) is 0 Å². The van der Waals surface area contributed by atoms with E-state index in [1.807, 2.05) is 19.1 Å². The number of aliphatic hydroxyl groups excluding tert-OH is 1. The summed E-state index contributed by atoms with van der Waals surface area (Å²) in [6.45, 7) is 6.42. The zero-order valence-corrected chi connectivity index (χ0v) is 12.0. The van der Waals surface area contributed by atoms with Crippen LogP contribution in [0.25, 0.3) is 0 Å². The summed E-state index contributed by atoms with van der Waals surface area (Å²) in [5, 5.41) is 17.6. The van der Waals surface area contributed by atoms with Gasteiger partial charge in [0.1, 0.15) is 3.70 Å².